The molecule has 1 spiro atoms. The third-order valence-corrected chi connectivity index (χ3v) is 7.24. The molecule has 2 aliphatic heterocycles. The van der Waals surface area contributed by atoms with Crippen molar-refractivity contribution in [1.29, 1.82) is 0 Å². The van der Waals surface area contributed by atoms with E-state index in [1.165, 1.54) is 0 Å². The van der Waals surface area contributed by atoms with Gasteiger partial charge in [0, 0.05) is 30.8 Å². The third-order valence-electron chi connectivity index (χ3n) is 7.24. The molecule has 0 bridgehead atoms. The normalized spacial score (nSPS) is 25.1. The van der Waals surface area contributed by atoms with Gasteiger partial charge >= 0.3 is 6.03 Å². The Labute approximate surface area is 192 Å². The summed E-state index contributed by atoms with van der Waals surface area (Å²) in [5, 5.41) is 15.5. The molecule has 3 aliphatic rings. The van der Waals surface area contributed by atoms with Crippen molar-refractivity contribution >= 4 is 22.5 Å². The highest BCUT2D eigenvalue weighted by atomic mass is 16.5. The second kappa shape index (κ2) is 7.52. The van der Waals surface area contributed by atoms with Gasteiger partial charge in [0.05, 0.1) is 18.6 Å². The number of methoxy groups -OCH3 is 1. The Balaban J connectivity index is 1.33. The van der Waals surface area contributed by atoms with Gasteiger partial charge in [-0.1, -0.05) is 48.6 Å². The summed E-state index contributed by atoms with van der Waals surface area (Å²) < 4.78 is 11.9. The van der Waals surface area contributed by atoms with E-state index < -0.39 is 6.10 Å². The van der Waals surface area contributed by atoms with E-state index in [0.29, 0.717) is 25.3 Å². The first-order valence-electron chi connectivity index (χ1n) is 11.4. The highest BCUT2D eigenvalue weighted by molar-refractivity contribution is 5.93. The van der Waals surface area contributed by atoms with Crippen LogP contribution in [0.25, 0.3) is 10.8 Å². The topological polar surface area (TPSA) is 71.0 Å². The molecule has 6 nitrogen and oxygen atoms in total. The monoisotopic (exact) mass is 442 g/mol. The smallest absolute Gasteiger partial charge is 0.322 e. The van der Waals surface area contributed by atoms with Gasteiger partial charge in [0.15, 0.2) is 11.5 Å². The van der Waals surface area contributed by atoms with Crippen LogP contribution in [0.15, 0.2) is 66.7 Å². The Hall–Kier alpha value is -3.51. The molecule has 0 aromatic heterocycles. The minimum absolute atomic E-state index is 0.122. The van der Waals surface area contributed by atoms with E-state index in [2.05, 4.69) is 17.5 Å². The summed E-state index contributed by atoms with van der Waals surface area (Å²) in [6.45, 7) is 1.07. The van der Waals surface area contributed by atoms with Gasteiger partial charge in [0.25, 0.3) is 0 Å². The maximum Gasteiger partial charge on any atom is 0.322 e. The number of hydrogen-bond donors (Lipinski definition) is 2. The summed E-state index contributed by atoms with van der Waals surface area (Å²) in [6, 6.07) is 17.9. The van der Waals surface area contributed by atoms with Crippen LogP contribution in [0.4, 0.5) is 10.5 Å². The number of nitrogens with zero attached hydrogens (tertiary/aromatic N) is 1. The number of fused-ring (bicyclic) bond motifs is 1. The lowest BCUT2D eigenvalue weighted by molar-refractivity contribution is 0.0824. The van der Waals surface area contributed by atoms with E-state index in [9.17, 15) is 9.90 Å². The summed E-state index contributed by atoms with van der Waals surface area (Å²) in [6.07, 6.45) is 4.50. The lowest BCUT2D eigenvalue weighted by atomic mass is 9.69. The minimum atomic E-state index is -0.528. The van der Waals surface area contributed by atoms with Gasteiger partial charge in [-0.25, -0.2) is 4.79 Å². The highest BCUT2D eigenvalue weighted by Crippen LogP contribution is 2.55. The van der Waals surface area contributed by atoms with E-state index in [0.717, 1.165) is 39.8 Å². The zero-order valence-corrected chi connectivity index (χ0v) is 18.5. The number of ether oxygens (including phenoxy) is 2. The summed E-state index contributed by atoms with van der Waals surface area (Å²) >= 11 is 0. The van der Waals surface area contributed by atoms with Crippen molar-refractivity contribution < 1.29 is 19.4 Å². The van der Waals surface area contributed by atoms with E-state index in [1.54, 1.807) is 7.11 Å². The molecule has 0 saturated carbocycles. The predicted octanol–water partition coefficient (Wildman–Crippen LogP) is 4.61. The van der Waals surface area contributed by atoms with Crippen LogP contribution >= 0.6 is 0 Å². The van der Waals surface area contributed by atoms with Crippen molar-refractivity contribution in [3.8, 4) is 11.5 Å². The van der Waals surface area contributed by atoms with Gasteiger partial charge in [-0.05, 0) is 41.0 Å². The first-order chi connectivity index (χ1) is 16.1. The summed E-state index contributed by atoms with van der Waals surface area (Å²) in [4.78, 5) is 15.2. The van der Waals surface area contributed by atoms with E-state index in [-0.39, 0.29) is 17.6 Å². The Kier molecular flexibility index (Phi) is 4.59. The van der Waals surface area contributed by atoms with Crippen LogP contribution in [0.2, 0.25) is 0 Å². The van der Waals surface area contributed by atoms with Gasteiger partial charge in [-0.15, -0.1) is 0 Å². The zero-order valence-electron chi connectivity index (χ0n) is 18.5. The number of aliphatic hydroxyl groups excluding tert-OH is 1. The van der Waals surface area contributed by atoms with E-state index in [1.807, 2.05) is 59.5 Å². The van der Waals surface area contributed by atoms with Crippen LogP contribution in [-0.2, 0) is 12.0 Å². The molecule has 2 N–H and O–H groups in total. The molecule has 0 saturated heterocycles. The number of benzene rings is 3. The second-order valence-corrected chi connectivity index (χ2v) is 9.10. The van der Waals surface area contributed by atoms with Crippen LogP contribution in [-0.4, -0.2) is 41.9 Å². The molecule has 3 aromatic carbocycles. The summed E-state index contributed by atoms with van der Waals surface area (Å²) in [5.41, 5.74) is 2.56. The summed E-state index contributed by atoms with van der Waals surface area (Å²) in [7, 11) is 1.64. The van der Waals surface area contributed by atoms with E-state index >= 15 is 0 Å². The van der Waals surface area contributed by atoms with Crippen molar-refractivity contribution in [2.24, 2.45) is 0 Å². The Morgan fingerprint density at radius 1 is 1.18 bits per heavy atom. The number of carbonyl (C=O) groups is 1. The molecule has 6 heteroatoms. The van der Waals surface area contributed by atoms with Crippen LogP contribution in [0, 0.1) is 0 Å². The molecular formula is C27H26N2O4. The zero-order chi connectivity index (χ0) is 22.6. The van der Waals surface area contributed by atoms with Gasteiger partial charge in [0.2, 0.25) is 0 Å². The SMILES string of the molecule is COc1ccc2c3c1O[C@@H]1C[C@H](O)C=CC31CCN(C(=O)Nc1ccc3ccccc3c1)C2. The largest absolute Gasteiger partial charge is 0.493 e. The number of nitrogens with one attached hydrogen (secondary N) is 1. The van der Waals surface area contributed by atoms with Crippen molar-refractivity contribution in [3.63, 3.8) is 0 Å². The molecule has 1 unspecified atom stereocenters. The molecule has 2 heterocycles. The molecule has 168 valence electrons. The molecule has 0 fully saturated rings. The number of aliphatic hydroxyl groups is 1. The summed E-state index contributed by atoms with van der Waals surface area (Å²) in [5.74, 6) is 1.44. The number of urea groups is 1. The van der Waals surface area contributed by atoms with Crippen molar-refractivity contribution in [3.05, 3.63) is 77.9 Å². The Bertz CT molecular complexity index is 1290. The maximum absolute atomic E-state index is 13.3. The fraction of sp³-hybridized carbons (Fsp3) is 0.296. The lowest BCUT2D eigenvalue weighted by Crippen LogP contribution is -2.43. The van der Waals surface area contributed by atoms with Gasteiger partial charge < -0.3 is 24.8 Å². The predicted molar refractivity (Wildman–Crippen MR) is 127 cm³/mol. The molecule has 3 aromatic rings. The van der Waals surface area contributed by atoms with E-state index in [4.69, 9.17) is 9.47 Å². The number of anilines is 1. The highest BCUT2D eigenvalue weighted by Gasteiger charge is 2.53. The first-order valence-corrected chi connectivity index (χ1v) is 11.4. The standard InChI is InChI=1S/C27H26N2O4/c1-32-22-9-7-19-16-29(26(31)28-20-8-6-17-4-2-3-5-18(17)14-20)13-12-27-11-10-21(30)15-23(27)33-25(22)24(19)27/h2-11,14,21,23,30H,12-13,15-16H2,1H3,(H,28,31)/t21-,23-,27?/m1/s1. The quantitative estimate of drug-likeness (QED) is 0.569. The second-order valence-electron chi connectivity index (χ2n) is 9.10. The van der Waals surface area contributed by atoms with Crippen LogP contribution in [0.5, 0.6) is 11.5 Å². The molecule has 2 amide bonds. The molecule has 6 rings (SSSR count). The maximum atomic E-state index is 13.3. The van der Waals surface area contributed by atoms with Crippen LogP contribution in [0.3, 0.4) is 0 Å². The lowest BCUT2D eigenvalue weighted by Gasteiger charge is -2.35. The van der Waals surface area contributed by atoms with Crippen molar-refractivity contribution in [2.45, 2.75) is 37.0 Å². The van der Waals surface area contributed by atoms with Crippen LogP contribution in [0.1, 0.15) is 24.0 Å². The molecular weight excluding hydrogens is 416 g/mol. The van der Waals surface area contributed by atoms with Crippen LogP contribution < -0.4 is 14.8 Å². The fourth-order valence-corrected chi connectivity index (χ4v) is 5.58. The average molecular weight is 443 g/mol. The number of carbonyl (C=O) groups excluding carboxylic acids is 1. The van der Waals surface area contributed by atoms with Gasteiger partial charge in [0.1, 0.15) is 6.10 Å². The van der Waals surface area contributed by atoms with Crippen molar-refractivity contribution in [2.75, 3.05) is 19.0 Å². The molecule has 3 atom stereocenters. The average Bonchev–Trinajstić information content (AvgIpc) is 3.06. The molecule has 1 aliphatic carbocycles. The molecule has 0 radical (unpaired) electrons. The first kappa shape index (κ1) is 20.1. The fourth-order valence-electron chi connectivity index (χ4n) is 5.58. The van der Waals surface area contributed by atoms with Gasteiger partial charge in [-0.2, -0.15) is 0 Å². The number of rotatable bonds is 2. The Morgan fingerprint density at radius 3 is 2.88 bits per heavy atom. The molecule has 33 heavy (non-hydrogen) atoms. The number of amides is 2. The number of hydrogen-bond acceptors (Lipinski definition) is 4. The minimum Gasteiger partial charge on any atom is -0.493 e. The van der Waals surface area contributed by atoms with Gasteiger partial charge in [-0.3, -0.25) is 0 Å². The van der Waals surface area contributed by atoms with Crippen molar-refractivity contribution in [1.82, 2.24) is 4.90 Å². The third kappa shape index (κ3) is 3.16. The Morgan fingerprint density at radius 2 is 2.03 bits per heavy atom.